The molecule has 3 rings (SSSR count). The van der Waals surface area contributed by atoms with Gasteiger partial charge in [-0.25, -0.2) is 0 Å². The summed E-state index contributed by atoms with van der Waals surface area (Å²) in [7, 11) is 0. The molecule has 3 aliphatic rings. The summed E-state index contributed by atoms with van der Waals surface area (Å²) < 4.78 is 0. The lowest BCUT2D eigenvalue weighted by atomic mass is 9.51. The standard InChI is InChI=1S/C10H16/c1-5-6(2)9-4-7-3-8(5)10(7)9/h5-10H,3-4H2,1-2H3. The first-order valence-corrected chi connectivity index (χ1v) is 4.79. The first kappa shape index (κ1) is 5.62. The molecule has 4 unspecified atom stereocenters. The molecule has 0 amide bonds. The van der Waals surface area contributed by atoms with Crippen molar-refractivity contribution in [3.05, 3.63) is 0 Å². The molecule has 3 fully saturated rings. The van der Waals surface area contributed by atoms with Crippen molar-refractivity contribution in [3.63, 3.8) is 0 Å². The predicted molar refractivity (Wildman–Crippen MR) is 41.5 cm³/mol. The molecule has 4 atom stereocenters. The molecule has 0 heteroatoms. The van der Waals surface area contributed by atoms with Crippen molar-refractivity contribution in [2.75, 3.05) is 0 Å². The topological polar surface area (TPSA) is 0 Å². The maximum Gasteiger partial charge on any atom is -0.0323 e. The summed E-state index contributed by atoms with van der Waals surface area (Å²) in [5, 5.41) is 0. The summed E-state index contributed by atoms with van der Waals surface area (Å²) >= 11 is 0. The summed E-state index contributed by atoms with van der Waals surface area (Å²) in [4.78, 5) is 0. The molecule has 0 bridgehead atoms. The van der Waals surface area contributed by atoms with Gasteiger partial charge in [0.05, 0.1) is 0 Å². The van der Waals surface area contributed by atoms with E-state index in [9.17, 15) is 0 Å². The lowest BCUT2D eigenvalue weighted by molar-refractivity contribution is -0.0517. The third-order valence-electron chi connectivity index (χ3n) is 4.86. The second kappa shape index (κ2) is 1.44. The van der Waals surface area contributed by atoms with E-state index in [4.69, 9.17) is 0 Å². The first-order valence-electron chi connectivity index (χ1n) is 4.79. The van der Waals surface area contributed by atoms with Crippen molar-refractivity contribution in [3.8, 4) is 0 Å². The molecule has 0 aromatic heterocycles. The Hall–Kier alpha value is 0. The number of hydrogen-bond donors (Lipinski definition) is 0. The minimum atomic E-state index is 1.06. The van der Waals surface area contributed by atoms with Crippen LogP contribution in [0, 0.1) is 35.5 Å². The number of hydrogen-bond acceptors (Lipinski definition) is 0. The Balaban J connectivity index is 1.94. The molecule has 3 saturated carbocycles. The van der Waals surface area contributed by atoms with Crippen LogP contribution < -0.4 is 0 Å². The molecular weight excluding hydrogens is 120 g/mol. The minimum Gasteiger partial charge on any atom is -0.0620 e. The Morgan fingerprint density at radius 3 is 1.70 bits per heavy atom. The molecule has 56 valence electrons. The minimum absolute atomic E-state index is 1.06. The Morgan fingerprint density at radius 1 is 0.900 bits per heavy atom. The summed E-state index contributed by atoms with van der Waals surface area (Å²) in [6, 6.07) is 0. The van der Waals surface area contributed by atoms with Crippen LogP contribution in [-0.4, -0.2) is 0 Å². The van der Waals surface area contributed by atoms with Crippen LogP contribution in [0.4, 0.5) is 0 Å². The zero-order valence-corrected chi connectivity index (χ0v) is 6.88. The Kier molecular flexibility index (Phi) is 0.810. The van der Waals surface area contributed by atoms with Gasteiger partial charge in [0.2, 0.25) is 0 Å². The van der Waals surface area contributed by atoms with Crippen LogP contribution in [0.15, 0.2) is 0 Å². The maximum atomic E-state index is 2.48. The van der Waals surface area contributed by atoms with Gasteiger partial charge in [0.25, 0.3) is 0 Å². The van der Waals surface area contributed by atoms with Crippen molar-refractivity contribution < 1.29 is 0 Å². The van der Waals surface area contributed by atoms with Crippen molar-refractivity contribution in [1.82, 2.24) is 0 Å². The molecule has 0 radical (unpaired) electrons. The van der Waals surface area contributed by atoms with Crippen LogP contribution in [0.3, 0.4) is 0 Å². The largest absolute Gasteiger partial charge is 0.0620 e. The van der Waals surface area contributed by atoms with E-state index in [1.165, 1.54) is 23.7 Å². The van der Waals surface area contributed by atoms with E-state index in [0.717, 1.165) is 11.8 Å². The average Bonchev–Trinajstić information content (AvgIpc) is 2.07. The highest BCUT2D eigenvalue weighted by molar-refractivity contribution is 5.11. The Bertz CT molecular complexity index is 139. The molecule has 0 saturated heterocycles. The zero-order valence-electron chi connectivity index (χ0n) is 6.88. The van der Waals surface area contributed by atoms with Gasteiger partial charge in [0, 0.05) is 0 Å². The summed E-state index contributed by atoms with van der Waals surface area (Å²) in [5.41, 5.74) is 0. The summed E-state index contributed by atoms with van der Waals surface area (Å²) in [6.07, 6.45) is 3.18. The van der Waals surface area contributed by atoms with Crippen LogP contribution >= 0.6 is 0 Å². The van der Waals surface area contributed by atoms with Crippen LogP contribution in [0.5, 0.6) is 0 Å². The Labute approximate surface area is 63.0 Å². The zero-order chi connectivity index (χ0) is 6.88. The molecule has 0 N–H and O–H groups in total. The molecule has 0 nitrogen and oxygen atoms in total. The van der Waals surface area contributed by atoms with Crippen LogP contribution in [0.25, 0.3) is 0 Å². The molecule has 0 aromatic rings. The lowest BCUT2D eigenvalue weighted by Crippen LogP contribution is -2.47. The van der Waals surface area contributed by atoms with E-state index in [-0.39, 0.29) is 0 Å². The Morgan fingerprint density at radius 2 is 1.40 bits per heavy atom. The fourth-order valence-electron chi connectivity index (χ4n) is 3.96. The van der Waals surface area contributed by atoms with E-state index in [0.29, 0.717) is 0 Å². The second-order valence-corrected chi connectivity index (χ2v) is 4.85. The summed E-state index contributed by atoms with van der Waals surface area (Å²) in [6.45, 7) is 4.95. The van der Waals surface area contributed by atoms with Crippen molar-refractivity contribution in [1.29, 1.82) is 0 Å². The highest BCUT2D eigenvalue weighted by atomic mass is 14.7. The molecule has 0 heterocycles. The highest BCUT2D eigenvalue weighted by Crippen LogP contribution is 2.69. The third-order valence-corrected chi connectivity index (χ3v) is 4.86. The summed E-state index contributed by atoms with van der Waals surface area (Å²) in [5.74, 6) is 6.87. The monoisotopic (exact) mass is 136 g/mol. The SMILES string of the molecule is CC1C(C)C2CC3CC1C32. The van der Waals surface area contributed by atoms with E-state index in [1.807, 2.05) is 0 Å². The van der Waals surface area contributed by atoms with Crippen molar-refractivity contribution in [2.24, 2.45) is 35.5 Å². The van der Waals surface area contributed by atoms with Crippen molar-refractivity contribution >= 4 is 0 Å². The van der Waals surface area contributed by atoms with E-state index in [2.05, 4.69) is 13.8 Å². The molecule has 3 aliphatic carbocycles. The predicted octanol–water partition coefficient (Wildman–Crippen LogP) is 2.54. The molecule has 0 spiro atoms. The normalized spacial score (nSPS) is 70.2. The van der Waals surface area contributed by atoms with Gasteiger partial charge in [-0.1, -0.05) is 13.8 Å². The molecule has 0 aliphatic heterocycles. The fourth-order valence-corrected chi connectivity index (χ4v) is 3.96. The van der Waals surface area contributed by atoms with Gasteiger partial charge in [-0.05, 0) is 48.3 Å². The van der Waals surface area contributed by atoms with Gasteiger partial charge in [0.15, 0.2) is 0 Å². The second-order valence-electron chi connectivity index (χ2n) is 4.85. The quantitative estimate of drug-likeness (QED) is 0.480. The maximum absolute atomic E-state index is 2.48. The van der Waals surface area contributed by atoms with E-state index < -0.39 is 0 Å². The van der Waals surface area contributed by atoms with Gasteiger partial charge in [-0.2, -0.15) is 0 Å². The van der Waals surface area contributed by atoms with Crippen LogP contribution in [0.1, 0.15) is 26.7 Å². The smallest absolute Gasteiger partial charge is 0.0323 e. The molecule has 10 heavy (non-hydrogen) atoms. The average molecular weight is 136 g/mol. The molecular formula is C10H16. The van der Waals surface area contributed by atoms with Gasteiger partial charge in [-0.15, -0.1) is 0 Å². The van der Waals surface area contributed by atoms with Gasteiger partial charge in [0.1, 0.15) is 0 Å². The fraction of sp³-hybridized carbons (Fsp3) is 1.00. The van der Waals surface area contributed by atoms with Crippen LogP contribution in [-0.2, 0) is 0 Å². The van der Waals surface area contributed by atoms with E-state index >= 15 is 0 Å². The third kappa shape index (κ3) is 0.383. The van der Waals surface area contributed by atoms with Gasteiger partial charge < -0.3 is 0 Å². The first-order chi connectivity index (χ1) is 4.79. The number of rotatable bonds is 0. The molecule has 0 aromatic carbocycles. The highest BCUT2D eigenvalue weighted by Gasteiger charge is 2.62. The van der Waals surface area contributed by atoms with Gasteiger partial charge >= 0.3 is 0 Å². The van der Waals surface area contributed by atoms with Gasteiger partial charge in [-0.3, -0.25) is 0 Å². The lowest BCUT2D eigenvalue weighted by Gasteiger charge is -2.54. The van der Waals surface area contributed by atoms with E-state index in [1.54, 1.807) is 12.8 Å². The van der Waals surface area contributed by atoms with Crippen LogP contribution in [0.2, 0.25) is 0 Å². The van der Waals surface area contributed by atoms with Crippen molar-refractivity contribution in [2.45, 2.75) is 26.7 Å².